The van der Waals surface area contributed by atoms with Gasteiger partial charge in [0.1, 0.15) is 5.58 Å². The van der Waals surface area contributed by atoms with E-state index in [0.29, 0.717) is 28.7 Å². The average Bonchev–Trinajstić information content (AvgIpc) is 3.04. The molecule has 0 bridgehead atoms. The SMILES string of the molecule is CN(C)[C@H]1[C@@H]2CN(c3ccc4cc(-c5cn6cccnc6n5)c(=O)oc4c3)C[C@@H]21. The van der Waals surface area contributed by atoms with E-state index in [2.05, 4.69) is 39.9 Å². The minimum atomic E-state index is -0.380. The van der Waals surface area contributed by atoms with Gasteiger partial charge in [-0.1, -0.05) is 0 Å². The highest BCUT2D eigenvalue weighted by Crippen LogP contribution is 2.49. The lowest BCUT2D eigenvalue weighted by atomic mass is 10.1. The lowest BCUT2D eigenvalue weighted by molar-refractivity contribution is 0.357. The number of fused-ring (bicyclic) bond motifs is 3. The van der Waals surface area contributed by atoms with Gasteiger partial charge in [0.15, 0.2) is 0 Å². The summed E-state index contributed by atoms with van der Waals surface area (Å²) in [4.78, 5) is 26.1. The predicted octanol–water partition coefficient (Wildman–Crippen LogP) is 2.50. The van der Waals surface area contributed by atoms with Crippen LogP contribution in [0.15, 0.2) is 58.1 Å². The maximum Gasteiger partial charge on any atom is 0.345 e. The molecule has 1 saturated carbocycles. The summed E-state index contributed by atoms with van der Waals surface area (Å²) >= 11 is 0. The molecule has 1 aliphatic carbocycles. The summed E-state index contributed by atoms with van der Waals surface area (Å²) in [5.41, 5.74) is 2.37. The predicted molar refractivity (Wildman–Crippen MR) is 111 cm³/mol. The van der Waals surface area contributed by atoms with E-state index in [0.717, 1.165) is 36.0 Å². The summed E-state index contributed by atoms with van der Waals surface area (Å²) in [6, 6.07) is 10.5. The van der Waals surface area contributed by atoms with Gasteiger partial charge in [0.05, 0.1) is 11.3 Å². The molecule has 6 rings (SSSR count). The maximum absolute atomic E-state index is 12.7. The van der Waals surface area contributed by atoms with E-state index in [1.165, 1.54) is 0 Å². The molecule has 1 aliphatic heterocycles. The Kier molecular flexibility index (Phi) is 3.41. The van der Waals surface area contributed by atoms with Gasteiger partial charge in [0.25, 0.3) is 0 Å². The van der Waals surface area contributed by atoms with Crippen LogP contribution >= 0.6 is 0 Å². The Hall–Kier alpha value is -3.19. The van der Waals surface area contributed by atoms with E-state index in [1.807, 2.05) is 30.5 Å². The average molecular weight is 387 g/mol. The fraction of sp³-hybridized carbons (Fsp3) is 0.318. The topological polar surface area (TPSA) is 66.9 Å². The quantitative estimate of drug-likeness (QED) is 0.503. The summed E-state index contributed by atoms with van der Waals surface area (Å²) < 4.78 is 7.47. The fourth-order valence-electron chi connectivity index (χ4n) is 4.91. The van der Waals surface area contributed by atoms with Gasteiger partial charge in [0, 0.05) is 54.9 Å². The van der Waals surface area contributed by atoms with E-state index >= 15 is 0 Å². The van der Waals surface area contributed by atoms with Gasteiger partial charge in [-0.2, -0.15) is 0 Å². The van der Waals surface area contributed by atoms with Crippen LogP contribution in [0.1, 0.15) is 0 Å². The smallest absolute Gasteiger partial charge is 0.345 e. The molecule has 146 valence electrons. The van der Waals surface area contributed by atoms with Gasteiger partial charge in [-0.05, 0) is 50.2 Å². The van der Waals surface area contributed by atoms with Crippen molar-refractivity contribution in [2.45, 2.75) is 6.04 Å². The van der Waals surface area contributed by atoms with Gasteiger partial charge < -0.3 is 14.2 Å². The largest absolute Gasteiger partial charge is 0.422 e. The second kappa shape index (κ2) is 5.90. The van der Waals surface area contributed by atoms with Crippen LogP contribution in [0.25, 0.3) is 28.0 Å². The van der Waals surface area contributed by atoms with Crippen LogP contribution in [0, 0.1) is 11.8 Å². The summed E-state index contributed by atoms with van der Waals surface area (Å²) in [6.07, 6.45) is 5.33. The molecule has 0 unspecified atom stereocenters. The number of imidazole rings is 1. The molecule has 0 spiro atoms. The minimum absolute atomic E-state index is 0.380. The van der Waals surface area contributed by atoms with E-state index in [9.17, 15) is 4.79 Å². The third kappa shape index (κ3) is 2.57. The molecule has 1 saturated heterocycles. The first-order chi connectivity index (χ1) is 14.1. The maximum atomic E-state index is 12.7. The zero-order valence-corrected chi connectivity index (χ0v) is 16.3. The van der Waals surface area contributed by atoms with Crippen LogP contribution in [0.2, 0.25) is 0 Å². The molecular weight excluding hydrogens is 366 g/mol. The highest BCUT2D eigenvalue weighted by Gasteiger charge is 2.56. The number of anilines is 1. The van der Waals surface area contributed by atoms with Gasteiger partial charge in [-0.15, -0.1) is 0 Å². The van der Waals surface area contributed by atoms with Crippen molar-refractivity contribution in [1.29, 1.82) is 0 Å². The van der Waals surface area contributed by atoms with Crippen molar-refractivity contribution in [3.05, 3.63) is 59.3 Å². The number of piperidine rings is 1. The first-order valence-corrected chi connectivity index (χ1v) is 9.88. The summed E-state index contributed by atoms with van der Waals surface area (Å²) in [5.74, 6) is 2.05. The molecule has 0 amide bonds. The van der Waals surface area contributed by atoms with Crippen LogP contribution in [-0.2, 0) is 0 Å². The molecule has 2 fully saturated rings. The molecule has 29 heavy (non-hydrogen) atoms. The first-order valence-electron chi connectivity index (χ1n) is 9.88. The molecular formula is C22H21N5O2. The van der Waals surface area contributed by atoms with Gasteiger partial charge in [-0.25, -0.2) is 14.8 Å². The molecule has 7 heteroatoms. The Morgan fingerprint density at radius 2 is 2.00 bits per heavy atom. The Morgan fingerprint density at radius 3 is 2.76 bits per heavy atom. The molecule has 3 aromatic heterocycles. The van der Waals surface area contributed by atoms with Crippen molar-refractivity contribution in [2.24, 2.45) is 11.8 Å². The standard InChI is InChI=1S/C22H21N5O2/c1-25(2)20-16-10-27(11-17(16)20)14-5-4-13-8-15(21(28)29-19(13)9-14)18-12-26-7-3-6-23-22(26)24-18/h3-9,12,16-17,20H,10-11H2,1-2H3/t16-,17+,20+. The molecule has 2 aliphatic rings. The van der Waals surface area contributed by atoms with Gasteiger partial charge in [-0.3, -0.25) is 4.40 Å². The van der Waals surface area contributed by atoms with Crippen molar-refractivity contribution in [3.63, 3.8) is 0 Å². The Bertz CT molecular complexity index is 1260. The molecule has 0 N–H and O–H groups in total. The number of hydrogen-bond acceptors (Lipinski definition) is 6. The van der Waals surface area contributed by atoms with E-state index in [-0.39, 0.29) is 5.63 Å². The van der Waals surface area contributed by atoms with Crippen molar-refractivity contribution in [3.8, 4) is 11.3 Å². The zero-order chi connectivity index (χ0) is 19.7. The Morgan fingerprint density at radius 1 is 1.17 bits per heavy atom. The summed E-state index contributed by atoms with van der Waals surface area (Å²) in [7, 11) is 4.32. The molecule has 0 radical (unpaired) electrons. The Labute approximate surface area is 167 Å². The Balaban J connectivity index is 1.33. The molecule has 1 aromatic carbocycles. The van der Waals surface area contributed by atoms with Crippen LogP contribution in [0.5, 0.6) is 0 Å². The minimum Gasteiger partial charge on any atom is -0.422 e. The van der Waals surface area contributed by atoms with Crippen molar-refractivity contribution < 1.29 is 4.42 Å². The lowest BCUT2D eigenvalue weighted by Gasteiger charge is -2.24. The van der Waals surface area contributed by atoms with E-state index in [4.69, 9.17) is 4.42 Å². The normalized spacial score (nSPS) is 23.3. The summed E-state index contributed by atoms with van der Waals surface area (Å²) in [6.45, 7) is 2.13. The van der Waals surface area contributed by atoms with E-state index < -0.39 is 0 Å². The second-order valence-electron chi connectivity index (χ2n) is 8.31. The van der Waals surface area contributed by atoms with E-state index in [1.54, 1.807) is 16.8 Å². The fourth-order valence-corrected chi connectivity index (χ4v) is 4.91. The highest BCUT2D eigenvalue weighted by atomic mass is 16.4. The van der Waals surface area contributed by atoms with Crippen LogP contribution < -0.4 is 10.5 Å². The second-order valence-corrected chi connectivity index (χ2v) is 8.31. The number of aromatic nitrogens is 3. The van der Waals surface area contributed by atoms with Gasteiger partial charge in [0.2, 0.25) is 5.78 Å². The third-order valence-corrected chi connectivity index (χ3v) is 6.34. The molecule has 4 aromatic rings. The van der Waals surface area contributed by atoms with Crippen molar-refractivity contribution >= 4 is 22.4 Å². The van der Waals surface area contributed by atoms with Crippen molar-refractivity contribution in [2.75, 3.05) is 32.1 Å². The molecule has 3 atom stereocenters. The highest BCUT2D eigenvalue weighted by molar-refractivity contribution is 5.84. The monoisotopic (exact) mass is 387 g/mol. The number of nitrogens with zero attached hydrogens (tertiary/aromatic N) is 5. The number of hydrogen-bond donors (Lipinski definition) is 0. The van der Waals surface area contributed by atoms with Crippen molar-refractivity contribution in [1.82, 2.24) is 19.3 Å². The van der Waals surface area contributed by atoms with Gasteiger partial charge >= 0.3 is 5.63 Å². The molecule has 7 nitrogen and oxygen atoms in total. The van der Waals surface area contributed by atoms with Crippen LogP contribution in [-0.4, -0.2) is 52.5 Å². The lowest BCUT2D eigenvalue weighted by Crippen LogP contribution is -2.30. The number of benzene rings is 1. The number of rotatable bonds is 3. The van der Waals surface area contributed by atoms with Crippen LogP contribution in [0.3, 0.4) is 0 Å². The third-order valence-electron chi connectivity index (χ3n) is 6.34. The molecule has 4 heterocycles. The summed E-state index contributed by atoms with van der Waals surface area (Å²) in [5, 5.41) is 0.892. The zero-order valence-electron chi connectivity index (χ0n) is 16.3. The van der Waals surface area contributed by atoms with Crippen LogP contribution in [0.4, 0.5) is 5.69 Å². The first kappa shape index (κ1) is 16.7.